The quantitative estimate of drug-likeness (QED) is 0.143. The third-order valence-corrected chi connectivity index (χ3v) is 10.6. The molecule has 1 saturated heterocycles. The fourth-order valence-electron chi connectivity index (χ4n) is 5.63. The second-order valence-electron chi connectivity index (χ2n) is 13.1. The summed E-state index contributed by atoms with van der Waals surface area (Å²) in [6.07, 6.45) is 4.28. The molecule has 0 radical (unpaired) electrons. The van der Waals surface area contributed by atoms with Gasteiger partial charge in [0.25, 0.3) is 10.5 Å². The third kappa shape index (κ3) is 9.57. The molecule has 0 bridgehead atoms. The highest BCUT2D eigenvalue weighted by Crippen LogP contribution is 2.33. The number of carbonyl (C=O) groups is 4. The Hall–Kier alpha value is -4.54. The second kappa shape index (κ2) is 16.4. The molecule has 50 heavy (non-hydrogen) atoms. The lowest BCUT2D eigenvalue weighted by atomic mass is 10.0. The Balaban J connectivity index is 1.11. The maximum Gasteiger partial charge on any atom is 0.345 e. The van der Waals surface area contributed by atoms with Gasteiger partial charge in [0.15, 0.2) is 0 Å². The topological polar surface area (TPSA) is 98.8 Å². The number of imide groups is 2. The molecule has 1 heterocycles. The number of thioether (sulfide) groups is 2. The van der Waals surface area contributed by atoms with Crippen LogP contribution in [0.25, 0.3) is 0 Å². The molecule has 1 fully saturated rings. The van der Waals surface area contributed by atoms with E-state index in [0.717, 1.165) is 52.9 Å². The van der Waals surface area contributed by atoms with E-state index in [0.29, 0.717) is 24.2 Å². The molecule has 4 aromatic carbocycles. The zero-order chi connectivity index (χ0) is 35.8. The lowest BCUT2D eigenvalue weighted by molar-refractivity contribution is 0.226. The Kier molecular flexibility index (Phi) is 12.1. The van der Waals surface area contributed by atoms with Crippen LogP contribution in [0.4, 0.5) is 41.9 Å². The monoisotopic (exact) mass is 708 g/mol. The average Bonchev–Trinajstić information content (AvgIpc) is 3.08. The summed E-state index contributed by atoms with van der Waals surface area (Å²) in [7, 11) is 0. The molecule has 0 aromatic heterocycles. The highest BCUT2D eigenvalue weighted by atomic mass is 32.2. The predicted octanol–water partition coefficient (Wildman–Crippen LogP) is 11.3. The Morgan fingerprint density at radius 2 is 1.02 bits per heavy atom. The fourth-order valence-corrected chi connectivity index (χ4v) is 7.32. The van der Waals surface area contributed by atoms with Crippen molar-refractivity contribution in [3.05, 3.63) is 119 Å². The number of anilines is 4. The molecule has 2 N–H and O–H groups in total. The average molecular weight is 709 g/mol. The summed E-state index contributed by atoms with van der Waals surface area (Å²) in [5.41, 5.74) is 6.80. The summed E-state index contributed by atoms with van der Waals surface area (Å²) in [5.74, 6) is 0. The fraction of sp³-hybridized carbons (Fsp3) is 0.300. The van der Waals surface area contributed by atoms with Crippen molar-refractivity contribution in [2.75, 3.05) is 20.4 Å². The summed E-state index contributed by atoms with van der Waals surface area (Å²) < 4.78 is -0.106. The number of urea groups is 2. The maximum absolute atomic E-state index is 13.1. The molecular weight excluding hydrogens is 665 g/mol. The lowest BCUT2D eigenvalue weighted by Gasteiger charge is -2.38. The summed E-state index contributed by atoms with van der Waals surface area (Å²) in [6, 6.07) is 29.6. The highest BCUT2D eigenvalue weighted by Gasteiger charge is 2.45. The van der Waals surface area contributed by atoms with Gasteiger partial charge >= 0.3 is 12.1 Å². The molecule has 5 rings (SSSR count). The predicted molar refractivity (Wildman–Crippen MR) is 209 cm³/mol. The molecular formula is C40H44N4O4S2. The van der Waals surface area contributed by atoms with E-state index in [4.69, 9.17) is 0 Å². The van der Waals surface area contributed by atoms with Crippen LogP contribution < -0.4 is 20.4 Å². The van der Waals surface area contributed by atoms with Crippen molar-refractivity contribution in [1.29, 1.82) is 0 Å². The van der Waals surface area contributed by atoms with Gasteiger partial charge < -0.3 is 10.6 Å². The molecule has 8 nitrogen and oxygen atoms in total. The highest BCUT2D eigenvalue weighted by molar-refractivity contribution is 8.15. The zero-order valence-electron chi connectivity index (χ0n) is 29.2. The Morgan fingerprint density at radius 3 is 1.40 bits per heavy atom. The lowest BCUT2D eigenvalue weighted by Crippen LogP contribution is -2.64. The smallest absolute Gasteiger partial charge is 0.317 e. The van der Waals surface area contributed by atoms with E-state index in [1.165, 1.54) is 33.3 Å². The SMILES string of the molecule is CCCC(C)(C)SC(=O)Nc1ccc(Cc2ccc(N3C(=O)N(c4ccc(Cc5ccc(NC(=O)SC(C)CC)cc5)cc4)C3=O)cc2)cc1. The van der Waals surface area contributed by atoms with Crippen LogP contribution in [0.5, 0.6) is 0 Å². The van der Waals surface area contributed by atoms with Gasteiger partial charge in [0.1, 0.15) is 0 Å². The van der Waals surface area contributed by atoms with E-state index in [1.807, 2.05) is 79.7 Å². The number of carbonyl (C=O) groups excluding carboxylic acids is 4. The number of rotatable bonds is 13. The summed E-state index contributed by atoms with van der Waals surface area (Å²) in [5, 5.41) is 6.04. The van der Waals surface area contributed by atoms with Crippen molar-refractivity contribution < 1.29 is 19.2 Å². The van der Waals surface area contributed by atoms with E-state index in [2.05, 4.69) is 38.3 Å². The van der Waals surface area contributed by atoms with Gasteiger partial charge in [0.2, 0.25) is 0 Å². The van der Waals surface area contributed by atoms with Crippen molar-refractivity contribution >= 4 is 68.8 Å². The van der Waals surface area contributed by atoms with E-state index in [9.17, 15) is 19.2 Å². The van der Waals surface area contributed by atoms with Gasteiger partial charge in [0.05, 0.1) is 11.4 Å². The van der Waals surface area contributed by atoms with Crippen LogP contribution in [-0.4, -0.2) is 32.5 Å². The van der Waals surface area contributed by atoms with Gasteiger partial charge in [-0.1, -0.05) is 113 Å². The van der Waals surface area contributed by atoms with Gasteiger partial charge in [-0.25, -0.2) is 19.4 Å². The van der Waals surface area contributed by atoms with Crippen LogP contribution in [0.15, 0.2) is 97.1 Å². The van der Waals surface area contributed by atoms with E-state index < -0.39 is 12.1 Å². The molecule has 1 aliphatic rings. The van der Waals surface area contributed by atoms with Crippen molar-refractivity contribution in [2.45, 2.75) is 76.7 Å². The molecule has 0 saturated carbocycles. The standard InChI is InChI=1S/C40H44N4O4S2/c1-6-24-40(4,5)50-37(46)42-33-18-10-29(11-19-33)26-31-14-22-35(23-15-31)44-38(47)43(39(44)48)34-20-12-30(13-21-34)25-28-8-16-32(17-9-28)41-36(45)49-27(3)7-2/h8-23,27H,6-7,24-26H2,1-5H3,(H,41,45)(H,42,46). The molecule has 6 amide bonds. The molecule has 4 aromatic rings. The first-order chi connectivity index (χ1) is 23.9. The maximum atomic E-state index is 13.1. The summed E-state index contributed by atoms with van der Waals surface area (Å²) in [4.78, 5) is 53.2. The summed E-state index contributed by atoms with van der Waals surface area (Å²) in [6.45, 7) is 10.4. The van der Waals surface area contributed by atoms with Crippen molar-refractivity contribution in [1.82, 2.24) is 0 Å². The van der Waals surface area contributed by atoms with E-state index in [-0.39, 0.29) is 20.5 Å². The molecule has 1 unspecified atom stereocenters. The molecule has 0 aliphatic carbocycles. The van der Waals surface area contributed by atoms with Crippen molar-refractivity contribution in [3.8, 4) is 0 Å². The van der Waals surface area contributed by atoms with Crippen molar-refractivity contribution in [3.63, 3.8) is 0 Å². The van der Waals surface area contributed by atoms with E-state index in [1.54, 1.807) is 24.3 Å². The molecule has 1 aliphatic heterocycles. The Labute approximate surface area is 303 Å². The molecule has 0 spiro atoms. The number of amides is 6. The number of nitrogens with one attached hydrogen (secondary N) is 2. The third-order valence-electron chi connectivity index (χ3n) is 8.48. The molecule has 260 valence electrons. The van der Waals surface area contributed by atoms with Crippen LogP contribution >= 0.6 is 23.5 Å². The number of hydrogen-bond acceptors (Lipinski definition) is 6. The van der Waals surface area contributed by atoms with E-state index >= 15 is 0 Å². The van der Waals surface area contributed by atoms with Crippen LogP contribution in [-0.2, 0) is 12.8 Å². The molecule has 10 heteroatoms. The van der Waals surface area contributed by atoms with Gasteiger partial charge in [-0.05, 0) is 96.5 Å². The number of hydrogen-bond donors (Lipinski definition) is 2. The number of nitrogens with zero attached hydrogens (tertiary/aromatic N) is 2. The minimum Gasteiger partial charge on any atom is -0.317 e. The largest absolute Gasteiger partial charge is 0.345 e. The Bertz CT molecular complexity index is 1790. The second-order valence-corrected chi connectivity index (χ2v) is 16.2. The van der Waals surface area contributed by atoms with Crippen LogP contribution in [0, 0.1) is 0 Å². The van der Waals surface area contributed by atoms with Crippen LogP contribution in [0.2, 0.25) is 0 Å². The minimum absolute atomic E-state index is 0.0588. The van der Waals surface area contributed by atoms with Gasteiger partial charge in [-0.15, -0.1) is 0 Å². The van der Waals surface area contributed by atoms with Crippen LogP contribution in [0.3, 0.4) is 0 Å². The van der Waals surface area contributed by atoms with Gasteiger partial charge in [0, 0.05) is 21.4 Å². The van der Waals surface area contributed by atoms with Crippen LogP contribution in [0.1, 0.15) is 76.1 Å². The Morgan fingerprint density at radius 1 is 0.640 bits per heavy atom. The zero-order valence-corrected chi connectivity index (χ0v) is 30.8. The van der Waals surface area contributed by atoms with Crippen molar-refractivity contribution in [2.24, 2.45) is 0 Å². The summed E-state index contributed by atoms with van der Waals surface area (Å²) >= 11 is 2.63. The normalized spacial score (nSPS) is 13.5. The first-order valence-corrected chi connectivity index (χ1v) is 18.7. The minimum atomic E-state index is -0.395. The van der Waals surface area contributed by atoms with Gasteiger partial charge in [-0.3, -0.25) is 9.59 Å². The molecule has 1 atom stereocenters. The number of benzene rings is 4. The van der Waals surface area contributed by atoms with Gasteiger partial charge in [-0.2, -0.15) is 0 Å². The first-order valence-electron chi connectivity index (χ1n) is 17.0. The first kappa shape index (κ1) is 36.7.